The van der Waals surface area contributed by atoms with Gasteiger partial charge in [-0.3, -0.25) is 5.32 Å². The molecule has 1 atom stereocenters. The molecule has 1 aromatic heterocycles. The summed E-state index contributed by atoms with van der Waals surface area (Å²) in [5, 5.41) is 8.70. The predicted octanol–water partition coefficient (Wildman–Crippen LogP) is 5.36. The van der Waals surface area contributed by atoms with Crippen LogP contribution in [0, 0.1) is 11.6 Å². The van der Waals surface area contributed by atoms with E-state index in [0.717, 1.165) is 0 Å². The first-order valence-electron chi connectivity index (χ1n) is 11.0. The summed E-state index contributed by atoms with van der Waals surface area (Å²) in [7, 11) is 0. The summed E-state index contributed by atoms with van der Waals surface area (Å²) in [4.78, 5) is 20.8. The first-order chi connectivity index (χ1) is 16.6. The number of carbonyl (C=O) groups is 1. The molecule has 1 aliphatic heterocycles. The zero-order valence-electron chi connectivity index (χ0n) is 19.5. The molecular formula is C24H26F2N6O3. The fourth-order valence-electron chi connectivity index (χ4n) is 3.53. The molecular weight excluding hydrogens is 458 g/mol. The lowest BCUT2D eigenvalue weighted by atomic mass is 10.0. The number of halogens is 2. The standard InChI is InChI=1S/C24H26F2N6O3/c1-24(2,3)35-23(33)31-18-8-7-13(25)11-19(18)30-22-28-12-16(27)21(32-22)29-17-9-10-34-20-14(17)5-4-6-15(20)26/h4-8,11-12,17H,9-10,27H2,1-3H3,(H,31,33)(H2,28,29,30,32)/t17-/m1/s1. The van der Waals surface area contributed by atoms with Crippen molar-refractivity contribution in [3.05, 3.63) is 59.8 Å². The number of ether oxygens (including phenoxy) is 2. The molecule has 0 unspecified atom stereocenters. The third-order valence-electron chi connectivity index (χ3n) is 5.02. The summed E-state index contributed by atoms with van der Waals surface area (Å²) in [5.74, 6) is -0.367. The second kappa shape index (κ2) is 9.61. The number of benzene rings is 2. The van der Waals surface area contributed by atoms with E-state index in [0.29, 0.717) is 24.4 Å². The van der Waals surface area contributed by atoms with E-state index < -0.39 is 23.3 Å². The van der Waals surface area contributed by atoms with Crippen molar-refractivity contribution in [1.29, 1.82) is 0 Å². The quantitative estimate of drug-likeness (QED) is 0.381. The largest absolute Gasteiger partial charge is 0.490 e. The van der Waals surface area contributed by atoms with Gasteiger partial charge in [0.05, 0.1) is 35.9 Å². The van der Waals surface area contributed by atoms with Crippen molar-refractivity contribution in [2.24, 2.45) is 0 Å². The number of nitrogens with two attached hydrogens (primary N) is 1. The molecule has 35 heavy (non-hydrogen) atoms. The molecule has 184 valence electrons. The Labute approximate surface area is 201 Å². The molecule has 0 radical (unpaired) electrons. The van der Waals surface area contributed by atoms with Crippen LogP contribution in [0.5, 0.6) is 5.75 Å². The van der Waals surface area contributed by atoms with Crippen LogP contribution in [-0.2, 0) is 4.74 Å². The number of hydrogen-bond donors (Lipinski definition) is 4. The number of amides is 1. The van der Waals surface area contributed by atoms with E-state index in [1.165, 1.54) is 30.5 Å². The molecule has 0 bridgehead atoms. The van der Waals surface area contributed by atoms with Gasteiger partial charge in [0.1, 0.15) is 11.4 Å². The molecule has 9 nitrogen and oxygen atoms in total. The summed E-state index contributed by atoms with van der Waals surface area (Å²) in [6.45, 7) is 5.53. The number of nitrogens with zero attached hydrogens (tertiary/aromatic N) is 2. The van der Waals surface area contributed by atoms with Crippen LogP contribution in [0.1, 0.15) is 38.8 Å². The lowest BCUT2D eigenvalue weighted by molar-refractivity contribution is 0.0636. The monoisotopic (exact) mass is 484 g/mol. The summed E-state index contributed by atoms with van der Waals surface area (Å²) in [6, 6.07) is 8.21. The van der Waals surface area contributed by atoms with E-state index in [1.54, 1.807) is 32.9 Å². The molecule has 4 rings (SSSR count). The second-order valence-electron chi connectivity index (χ2n) is 8.93. The first-order valence-corrected chi connectivity index (χ1v) is 11.0. The summed E-state index contributed by atoms with van der Waals surface area (Å²) in [5.41, 5.74) is 6.77. The molecule has 2 heterocycles. The maximum Gasteiger partial charge on any atom is 0.412 e. The highest BCUT2D eigenvalue weighted by molar-refractivity contribution is 5.90. The average molecular weight is 485 g/mol. The Hall–Kier alpha value is -4.15. The Morgan fingerprint density at radius 1 is 1.20 bits per heavy atom. The molecule has 5 N–H and O–H groups in total. The zero-order valence-corrected chi connectivity index (χ0v) is 19.5. The Balaban J connectivity index is 1.56. The predicted molar refractivity (Wildman–Crippen MR) is 129 cm³/mol. The average Bonchev–Trinajstić information content (AvgIpc) is 2.77. The van der Waals surface area contributed by atoms with Crippen LogP contribution in [0.25, 0.3) is 0 Å². The van der Waals surface area contributed by atoms with E-state index in [2.05, 4.69) is 25.9 Å². The van der Waals surface area contributed by atoms with Crippen molar-refractivity contribution in [2.75, 3.05) is 28.3 Å². The van der Waals surface area contributed by atoms with E-state index >= 15 is 0 Å². The van der Waals surface area contributed by atoms with Crippen molar-refractivity contribution in [1.82, 2.24) is 9.97 Å². The number of anilines is 5. The van der Waals surface area contributed by atoms with Crippen LogP contribution in [0.2, 0.25) is 0 Å². The highest BCUT2D eigenvalue weighted by atomic mass is 19.1. The fraction of sp³-hybridized carbons (Fsp3) is 0.292. The van der Waals surface area contributed by atoms with E-state index in [1.807, 2.05) is 0 Å². The Morgan fingerprint density at radius 3 is 2.77 bits per heavy atom. The summed E-state index contributed by atoms with van der Waals surface area (Å²) < 4.78 is 38.9. The molecule has 2 aromatic carbocycles. The smallest absolute Gasteiger partial charge is 0.412 e. The van der Waals surface area contributed by atoms with E-state index in [9.17, 15) is 13.6 Å². The Bertz CT molecular complexity index is 1250. The van der Waals surface area contributed by atoms with Gasteiger partial charge in [-0.1, -0.05) is 12.1 Å². The van der Waals surface area contributed by atoms with Crippen LogP contribution in [-0.4, -0.2) is 28.3 Å². The number of rotatable bonds is 5. The minimum atomic E-state index is -0.704. The van der Waals surface area contributed by atoms with Gasteiger partial charge in [-0.15, -0.1) is 0 Å². The topological polar surface area (TPSA) is 123 Å². The Kier molecular flexibility index (Phi) is 6.59. The third kappa shape index (κ3) is 5.86. The normalized spacial score (nSPS) is 14.9. The minimum absolute atomic E-state index is 0.103. The maximum atomic E-state index is 14.1. The summed E-state index contributed by atoms with van der Waals surface area (Å²) >= 11 is 0. The fourth-order valence-corrected chi connectivity index (χ4v) is 3.53. The van der Waals surface area contributed by atoms with Crippen molar-refractivity contribution in [3.8, 4) is 5.75 Å². The number of nitrogen functional groups attached to an aromatic ring is 1. The van der Waals surface area contributed by atoms with Gasteiger partial charge in [0.2, 0.25) is 5.95 Å². The number of para-hydroxylation sites is 1. The van der Waals surface area contributed by atoms with Gasteiger partial charge in [0, 0.05) is 12.0 Å². The summed E-state index contributed by atoms with van der Waals surface area (Å²) in [6.07, 6.45) is 1.26. The molecule has 0 aliphatic carbocycles. The van der Waals surface area contributed by atoms with Crippen LogP contribution >= 0.6 is 0 Å². The molecule has 11 heteroatoms. The van der Waals surface area contributed by atoms with Crippen molar-refractivity contribution in [3.63, 3.8) is 0 Å². The van der Waals surface area contributed by atoms with E-state index in [-0.39, 0.29) is 34.8 Å². The number of fused-ring (bicyclic) bond motifs is 1. The van der Waals surface area contributed by atoms with E-state index in [4.69, 9.17) is 15.2 Å². The van der Waals surface area contributed by atoms with Gasteiger partial charge in [-0.25, -0.2) is 18.6 Å². The first kappa shape index (κ1) is 24.0. The number of carbonyl (C=O) groups excluding carboxylic acids is 1. The van der Waals surface area contributed by atoms with Crippen LogP contribution in [0.4, 0.5) is 42.4 Å². The highest BCUT2D eigenvalue weighted by Gasteiger charge is 2.25. The molecule has 0 fully saturated rings. The second-order valence-corrected chi connectivity index (χ2v) is 8.93. The SMILES string of the molecule is CC(C)(C)OC(=O)Nc1ccc(F)cc1Nc1ncc(N)c(N[C@@H]2CCOc3c(F)cccc32)n1. The van der Waals surface area contributed by atoms with Crippen molar-refractivity contribution < 1.29 is 23.0 Å². The molecule has 0 spiro atoms. The van der Waals surface area contributed by atoms with Gasteiger partial charge >= 0.3 is 6.09 Å². The van der Waals surface area contributed by atoms with Gasteiger partial charge in [-0.05, 0) is 45.0 Å². The number of aromatic nitrogens is 2. The van der Waals surface area contributed by atoms with Gasteiger partial charge < -0.3 is 25.8 Å². The van der Waals surface area contributed by atoms with Crippen molar-refractivity contribution >= 4 is 34.9 Å². The molecule has 0 saturated carbocycles. The zero-order chi connectivity index (χ0) is 25.2. The van der Waals surface area contributed by atoms with Gasteiger partial charge in [0.25, 0.3) is 0 Å². The molecule has 0 saturated heterocycles. The maximum absolute atomic E-state index is 14.1. The van der Waals surface area contributed by atoms with Crippen LogP contribution < -0.4 is 26.4 Å². The van der Waals surface area contributed by atoms with Gasteiger partial charge in [-0.2, -0.15) is 4.98 Å². The number of nitrogens with one attached hydrogen (secondary N) is 3. The molecule has 3 aromatic rings. The third-order valence-corrected chi connectivity index (χ3v) is 5.02. The molecule has 1 amide bonds. The Morgan fingerprint density at radius 2 is 2.00 bits per heavy atom. The highest BCUT2D eigenvalue weighted by Crippen LogP contribution is 2.37. The number of hydrogen-bond acceptors (Lipinski definition) is 8. The van der Waals surface area contributed by atoms with Crippen LogP contribution in [0.3, 0.4) is 0 Å². The lowest BCUT2D eigenvalue weighted by Crippen LogP contribution is -2.27. The minimum Gasteiger partial charge on any atom is -0.490 e. The molecule has 1 aliphatic rings. The van der Waals surface area contributed by atoms with Gasteiger partial charge in [0.15, 0.2) is 17.4 Å². The van der Waals surface area contributed by atoms with Crippen LogP contribution in [0.15, 0.2) is 42.6 Å². The lowest BCUT2D eigenvalue weighted by Gasteiger charge is -2.27. The van der Waals surface area contributed by atoms with Crippen molar-refractivity contribution in [2.45, 2.75) is 38.8 Å².